The van der Waals surface area contributed by atoms with Crippen LogP contribution < -0.4 is 10.6 Å². The maximum absolute atomic E-state index is 12.4. The van der Waals surface area contributed by atoms with E-state index in [4.69, 9.17) is 11.6 Å². The minimum absolute atomic E-state index is 0.123. The second kappa shape index (κ2) is 7.71. The van der Waals surface area contributed by atoms with E-state index >= 15 is 0 Å². The number of non-ortho nitro benzene ring substituents is 1. The molecule has 23 heavy (non-hydrogen) atoms. The number of nitrogens with one attached hydrogen (secondary N) is 2. The summed E-state index contributed by atoms with van der Waals surface area (Å²) in [6.07, 6.45) is 0.522. The number of anilines is 1. The van der Waals surface area contributed by atoms with Crippen LogP contribution in [-0.2, 0) is 11.2 Å². The van der Waals surface area contributed by atoms with E-state index in [9.17, 15) is 14.9 Å². The SMILES string of the molecule is CN[C@@H](Cc1ccccc1)C(=O)Nc1ccc([N+](=O)[O-])cc1Cl. The molecule has 0 bridgehead atoms. The minimum atomic E-state index is -0.538. The van der Waals surface area contributed by atoms with E-state index in [0.29, 0.717) is 12.1 Å². The van der Waals surface area contributed by atoms with Gasteiger partial charge in [0.1, 0.15) is 0 Å². The monoisotopic (exact) mass is 333 g/mol. The molecule has 6 nitrogen and oxygen atoms in total. The normalized spacial score (nSPS) is 11.7. The highest BCUT2D eigenvalue weighted by Crippen LogP contribution is 2.26. The van der Waals surface area contributed by atoms with Crippen LogP contribution in [0.2, 0.25) is 5.02 Å². The molecule has 2 rings (SSSR count). The van der Waals surface area contributed by atoms with Crippen molar-refractivity contribution < 1.29 is 9.72 Å². The summed E-state index contributed by atoms with van der Waals surface area (Å²) in [7, 11) is 1.70. The maximum Gasteiger partial charge on any atom is 0.271 e. The lowest BCUT2D eigenvalue weighted by Gasteiger charge is -2.16. The van der Waals surface area contributed by atoms with Gasteiger partial charge in [-0.1, -0.05) is 41.9 Å². The Kier molecular flexibility index (Phi) is 5.67. The fourth-order valence-electron chi connectivity index (χ4n) is 2.11. The highest BCUT2D eigenvalue weighted by atomic mass is 35.5. The van der Waals surface area contributed by atoms with Gasteiger partial charge >= 0.3 is 0 Å². The van der Waals surface area contributed by atoms with Gasteiger partial charge in [0.2, 0.25) is 5.91 Å². The molecular formula is C16H16ClN3O3. The molecule has 0 unspecified atom stereocenters. The third-order valence-electron chi connectivity index (χ3n) is 3.37. The molecule has 1 atom stereocenters. The van der Waals surface area contributed by atoms with Crippen molar-refractivity contribution in [3.05, 3.63) is 69.2 Å². The van der Waals surface area contributed by atoms with Crippen molar-refractivity contribution in [3.63, 3.8) is 0 Å². The van der Waals surface area contributed by atoms with Crippen LogP contribution in [0.15, 0.2) is 48.5 Å². The second-order valence-electron chi connectivity index (χ2n) is 4.94. The van der Waals surface area contributed by atoms with Gasteiger partial charge in [-0.15, -0.1) is 0 Å². The summed E-state index contributed by atoms with van der Waals surface area (Å²) < 4.78 is 0. The fourth-order valence-corrected chi connectivity index (χ4v) is 2.34. The summed E-state index contributed by atoms with van der Waals surface area (Å²) in [4.78, 5) is 22.5. The first kappa shape index (κ1) is 16.9. The van der Waals surface area contributed by atoms with Crippen LogP contribution in [-0.4, -0.2) is 23.9 Å². The average Bonchev–Trinajstić information content (AvgIpc) is 2.55. The average molecular weight is 334 g/mol. The molecule has 1 amide bonds. The molecule has 0 aliphatic heterocycles. The van der Waals surface area contributed by atoms with Crippen molar-refractivity contribution in [3.8, 4) is 0 Å². The number of amides is 1. The molecule has 0 aromatic heterocycles. The van der Waals surface area contributed by atoms with Crippen LogP contribution in [0.25, 0.3) is 0 Å². The van der Waals surface area contributed by atoms with Crippen molar-refractivity contribution in [2.45, 2.75) is 12.5 Å². The highest BCUT2D eigenvalue weighted by Gasteiger charge is 2.19. The van der Waals surface area contributed by atoms with E-state index in [1.807, 2.05) is 30.3 Å². The second-order valence-corrected chi connectivity index (χ2v) is 5.35. The number of carbonyl (C=O) groups is 1. The first-order chi connectivity index (χ1) is 11.0. The summed E-state index contributed by atoms with van der Waals surface area (Å²) in [5.41, 5.74) is 1.25. The van der Waals surface area contributed by atoms with Gasteiger partial charge in [-0.25, -0.2) is 0 Å². The van der Waals surface area contributed by atoms with E-state index in [-0.39, 0.29) is 16.6 Å². The molecule has 120 valence electrons. The Labute approximate surface area is 138 Å². The smallest absolute Gasteiger partial charge is 0.271 e. The van der Waals surface area contributed by atoms with Gasteiger partial charge in [0.25, 0.3) is 5.69 Å². The third-order valence-corrected chi connectivity index (χ3v) is 3.68. The summed E-state index contributed by atoms with van der Waals surface area (Å²) in [6, 6.07) is 13.1. The summed E-state index contributed by atoms with van der Waals surface area (Å²) in [5.74, 6) is -0.257. The van der Waals surface area contributed by atoms with Crippen LogP contribution in [0.5, 0.6) is 0 Å². The number of rotatable bonds is 6. The van der Waals surface area contributed by atoms with Gasteiger partial charge in [-0.2, -0.15) is 0 Å². The molecule has 0 heterocycles. The largest absolute Gasteiger partial charge is 0.323 e. The Hall–Kier alpha value is -2.44. The van der Waals surface area contributed by atoms with E-state index in [2.05, 4.69) is 10.6 Å². The van der Waals surface area contributed by atoms with Crippen molar-refractivity contribution in [2.75, 3.05) is 12.4 Å². The highest BCUT2D eigenvalue weighted by molar-refractivity contribution is 6.34. The van der Waals surface area contributed by atoms with E-state index in [1.54, 1.807) is 7.05 Å². The quantitative estimate of drug-likeness (QED) is 0.628. The van der Waals surface area contributed by atoms with Crippen molar-refractivity contribution in [1.29, 1.82) is 0 Å². The van der Waals surface area contributed by atoms with Gasteiger partial charge in [0, 0.05) is 12.1 Å². The predicted octanol–water partition coefficient (Wildman–Crippen LogP) is 3.02. The fraction of sp³-hybridized carbons (Fsp3) is 0.188. The first-order valence-electron chi connectivity index (χ1n) is 6.97. The zero-order valence-electron chi connectivity index (χ0n) is 12.5. The molecule has 0 spiro atoms. The molecule has 0 aliphatic carbocycles. The van der Waals surface area contributed by atoms with Gasteiger partial charge in [-0.3, -0.25) is 14.9 Å². The Morgan fingerprint density at radius 3 is 2.52 bits per heavy atom. The van der Waals surface area contributed by atoms with Gasteiger partial charge in [0.05, 0.1) is 21.7 Å². The molecule has 2 aromatic carbocycles. The number of halogens is 1. The van der Waals surface area contributed by atoms with Crippen molar-refractivity contribution >= 4 is 28.9 Å². The van der Waals surface area contributed by atoms with Crippen LogP contribution >= 0.6 is 11.6 Å². The molecule has 0 aliphatic rings. The van der Waals surface area contributed by atoms with Gasteiger partial charge in [0.15, 0.2) is 0 Å². The lowest BCUT2D eigenvalue weighted by Crippen LogP contribution is -2.40. The zero-order valence-corrected chi connectivity index (χ0v) is 13.2. The minimum Gasteiger partial charge on any atom is -0.323 e. The summed E-state index contributed by atoms with van der Waals surface area (Å²) in [5, 5.41) is 16.5. The van der Waals surface area contributed by atoms with Crippen molar-refractivity contribution in [2.24, 2.45) is 0 Å². The first-order valence-corrected chi connectivity index (χ1v) is 7.35. The molecule has 0 radical (unpaired) electrons. The lowest BCUT2D eigenvalue weighted by atomic mass is 10.1. The number of carbonyl (C=O) groups excluding carboxylic acids is 1. The molecule has 7 heteroatoms. The Bertz CT molecular complexity index is 707. The molecule has 0 fully saturated rings. The number of hydrogen-bond donors (Lipinski definition) is 2. The third kappa shape index (κ3) is 4.51. The lowest BCUT2D eigenvalue weighted by molar-refractivity contribution is -0.384. The number of benzene rings is 2. The topological polar surface area (TPSA) is 84.3 Å². The number of nitro groups is 1. The molecular weight excluding hydrogens is 318 g/mol. The number of likely N-dealkylation sites (N-methyl/N-ethyl adjacent to an activating group) is 1. The molecule has 2 aromatic rings. The number of nitro benzene ring substituents is 1. The Morgan fingerprint density at radius 2 is 1.96 bits per heavy atom. The van der Waals surface area contributed by atoms with Crippen LogP contribution in [0.1, 0.15) is 5.56 Å². The standard InChI is InChI=1S/C16H16ClN3O3/c1-18-15(9-11-5-3-2-4-6-11)16(21)19-14-8-7-12(20(22)23)10-13(14)17/h2-8,10,15,18H,9H2,1H3,(H,19,21)/t15-/m0/s1. The molecule has 0 saturated heterocycles. The van der Waals surface area contributed by atoms with Crippen LogP contribution in [0.4, 0.5) is 11.4 Å². The van der Waals surface area contributed by atoms with E-state index < -0.39 is 11.0 Å². The Balaban J connectivity index is 2.09. The van der Waals surface area contributed by atoms with E-state index in [0.717, 1.165) is 5.56 Å². The van der Waals surface area contributed by atoms with Crippen molar-refractivity contribution in [1.82, 2.24) is 5.32 Å². The van der Waals surface area contributed by atoms with E-state index in [1.165, 1.54) is 18.2 Å². The van der Waals surface area contributed by atoms with Gasteiger partial charge < -0.3 is 10.6 Å². The van der Waals surface area contributed by atoms with Crippen LogP contribution in [0, 0.1) is 10.1 Å². The Morgan fingerprint density at radius 1 is 1.26 bits per heavy atom. The maximum atomic E-state index is 12.4. The van der Waals surface area contributed by atoms with Gasteiger partial charge in [-0.05, 0) is 25.1 Å². The van der Waals surface area contributed by atoms with Crippen LogP contribution in [0.3, 0.4) is 0 Å². The number of nitrogens with zero attached hydrogens (tertiary/aromatic N) is 1. The zero-order chi connectivity index (χ0) is 16.8. The summed E-state index contributed by atoms with van der Waals surface area (Å²) >= 11 is 5.99. The predicted molar refractivity (Wildman–Crippen MR) is 89.7 cm³/mol. The summed E-state index contributed by atoms with van der Waals surface area (Å²) in [6.45, 7) is 0. The molecule has 2 N–H and O–H groups in total. The molecule has 0 saturated carbocycles. The number of hydrogen-bond acceptors (Lipinski definition) is 4.